The maximum absolute atomic E-state index is 6.78. The molecular weight excluding hydrogens is 323 g/mol. The number of halogens is 3. The van der Waals surface area contributed by atoms with Crippen LogP contribution >= 0.6 is 34.8 Å². The lowest BCUT2D eigenvalue weighted by atomic mass is 9.90. The fourth-order valence-electron chi connectivity index (χ4n) is 3.16. The standard InChI is InChI=1S/C18H17Cl3/c19-15-9-8-13(17(20)11-15)10-14-6-3-5-12-4-1-2-7-16(12)18(14)21/h1-2,4,7-9,11,14,18H,3,5-6,10H2. The van der Waals surface area contributed by atoms with Crippen molar-refractivity contribution in [2.24, 2.45) is 5.92 Å². The minimum atomic E-state index is 0.0513. The number of benzene rings is 2. The van der Waals surface area contributed by atoms with Gasteiger partial charge in [0.05, 0.1) is 5.38 Å². The van der Waals surface area contributed by atoms with Crippen molar-refractivity contribution in [3.63, 3.8) is 0 Å². The summed E-state index contributed by atoms with van der Waals surface area (Å²) in [7, 11) is 0. The van der Waals surface area contributed by atoms with Crippen molar-refractivity contribution < 1.29 is 0 Å². The van der Waals surface area contributed by atoms with E-state index >= 15 is 0 Å². The molecule has 0 fully saturated rings. The Kier molecular flexibility index (Phi) is 4.78. The average Bonchev–Trinajstić information content (AvgIpc) is 2.63. The van der Waals surface area contributed by atoms with E-state index in [0.717, 1.165) is 29.8 Å². The Hall–Kier alpha value is -0.690. The second-order valence-electron chi connectivity index (χ2n) is 5.69. The summed E-state index contributed by atoms with van der Waals surface area (Å²) in [6.07, 6.45) is 4.32. The number of hydrogen-bond donors (Lipinski definition) is 0. The van der Waals surface area contributed by atoms with Gasteiger partial charge in [0, 0.05) is 10.0 Å². The first-order valence-corrected chi connectivity index (χ1v) is 8.50. The van der Waals surface area contributed by atoms with Crippen LogP contribution in [-0.4, -0.2) is 0 Å². The molecule has 3 heteroatoms. The van der Waals surface area contributed by atoms with Gasteiger partial charge in [-0.25, -0.2) is 0 Å². The minimum Gasteiger partial charge on any atom is -0.117 e. The second-order valence-corrected chi connectivity index (χ2v) is 7.01. The summed E-state index contributed by atoms with van der Waals surface area (Å²) < 4.78 is 0. The Morgan fingerprint density at radius 3 is 2.67 bits per heavy atom. The molecule has 21 heavy (non-hydrogen) atoms. The Morgan fingerprint density at radius 2 is 1.86 bits per heavy atom. The van der Waals surface area contributed by atoms with E-state index in [1.54, 1.807) is 0 Å². The summed E-state index contributed by atoms with van der Waals surface area (Å²) in [4.78, 5) is 0. The van der Waals surface area contributed by atoms with Gasteiger partial charge in [-0.2, -0.15) is 0 Å². The third-order valence-electron chi connectivity index (χ3n) is 4.28. The molecule has 2 aromatic rings. The van der Waals surface area contributed by atoms with Crippen LogP contribution in [0.2, 0.25) is 10.0 Å². The van der Waals surface area contributed by atoms with E-state index in [1.807, 2.05) is 18.2 Å². The van der Waals surface area contributed by atoms with E-state index < -0.39 is 0 Å². The highest BCUT2D eigenvalue weighted by Gasteiger charge is 2.26. The first-order chi connectivity index (χ1) is 10.1. The third kappa shape index (κ3) is 3.39. The number of rotatable bonds is 2. The molecule has 0 aliphatic heterocycles. The van der Waals surface area contributed by atoms with Gasteiger partial charge < -0.3 is 0 Å². The molecule has 3 rings (SSSR count). The molecule has 2 unspecified atom stereocenters. The van der Waals surface area contributed by atoms with Gasteiger partial charge in [0.1, 0.15) is 0 Å². The molecule has 0 aromatic heterocycles. The minimum absolute atomic E-state index is 0.0513. The van der Waals surface area contributed by atoms with E-state index in [-0.39, 0.29) is 5.38 Å². The fourth-order valence-corrected chi connectivity index (χ4v) is 4.07. The van der Waals surface area contributed by atoms with Gasteiger partial charge in [-0.1, -0.05) is 53.5 Å². The molecule has 2 atom stereocenters. The monoisotopic (exact) mass is 338 g/mol. The second kappa shape index (κ2) is 6.60. The lowest BCUT2D eigenvalue weighted by Gasteiger charge is -2.22. The molecule has 0 amide bonds. The molecule has 0 N–H and O–H groups in total. The molecule has 1 aliphatic rings. The largest absolute Gasteiger partial charge is 0.117 e. The highest BCUT2D eigenvalue weighted by Crippen LogP contribution is 2.40. The number of hydrogen-bond acceptors (Lipinski definition) is 0. The quantitative estimate of drug-likeness (QED) is 0.434. The van der Waals surface area contributed by atoms with Crippen LogP contribution in [0.15, 0.2) is 42.5 Å². The molecule has 0 bridgehead atoms. The molecule has 0 saturated heterocycles. The van der Waals surface area contributed by atoms with Crippen LogP contribution in [0.5, 0.6) is 0 Å². The van der Waals surface area contributed by atoms with Crippen LogP contribution in [0.1, 0.15) is 34.9 Å². The number of aryl methyl sites for hydroxylation is 1. The first kappa shape index (κ1) is 15.2. The molecule has 0 spiro atoms. The maximum Gasteiger partial charge on any atom is 0.0619 e. The van der Waals surface area contributed by atoms with Crippen molar-refractivity contribution in [1.29, 1.82) is 0 Å². The van der Waals surface area contributed by atoms with E-state index in [0.29, 0.717) is 10.9 Å². The SMILES string of the molecule is Clc1ccc(CC2CCCc3ccccc3C2Cl)c(Cl)c1. The fraction of sp³-hybridized carbons (Fsp3) is 0.333. The van der Waals surface area contributed by atoms with Crippen LogP contribution in [0.25, 0.3) is 0 Å². The zero-order valence-corrected chi connectivity index (χ0v) is 13.9. The van der Waals surface area contributed by atoms with Crippen molar-refractivity contribution >= 4 is 34.8 Å². The number of fused-ring (bicyclic) bond motifs is 1. The van der Waals surface area contributed by atoms with Crippen LogP contribution < -0.4 is 0 Å². The summed E-state index contributed by atoms with van der Waals surface area (Å²) in [5.74, 6) is 0.411. The summed E-state index contributed by atoms with van der Waals surface area (Å²) in [6.45, 7) is 0. The summed E-state index contributed by atoms with van der Waals surface area (Å²) in [6, 6.07) is 14.3. The van der Waals surface area contributed by atoms with Gasteiger partial charge in [0.15, 0.2) is 0 Å². The molecule has 0 radical (unpaired) electrons. The van der Waals surface area contributed by atoms with Gasteiger partial charge in [0.25, 0.3) is 0 Å². The normalized spacial score (nSPS) is 21.7. The van der Waals surface area contributed by atoms with Crippen LogP contribution in [0.3, 0.4) is 0 Å². The van der Waals surface area contributed by atoms with E-state index in [1.165, 1.54) is 17.5 Å². The van der Waals surface area contributed by atoms with E-state index in [4.69, 9.17) is 34.8 Å². The molecular formula is C18H17Cl3. The molecule has 110 valence electrons. The highest BCUT2D eigenvalue weighted by molar-refractivity contribution is 6.35. The molecule has 2 aromatic carbocycles. The highest BCUT2D eigenvalue weighted by atomic mass is 35.5. The van der Waals surface area contributed by atoms with Crippen LogP contribution in [0.4, 0.5) is 0 Å². The third-order valence-corrected chi connectivity index (χ3v) is 5.46. The predicted molar refractivity (Wildman–Crippen MR) is 91.6 cm³/mol. The average molecular weight is 340 g/mol. The summed E-state index contributed by atoms with van der Waals surface area (Å²) in [5, 5.41) is 1.47. The van der Waals surface area contributed by atoms with Crippen LogP contribution in [0, 0.1) is 5.92 Å². The Bertz CT molecular complexity index is 636. The van der Waals surface area contributed by atoms with E-state index in [2.05, 4.69) is 24.3 Å². The lowest BCUT2D eigenvalue weighted by Crippen LogP contribution is -2.11. The Balaban J connectivity index is 1.86. The topological polar surface area (TPSA) is 0 Å². The van der Waals surface area contributed by atoms with Crippen molar-refractivity contribution in [3.05, 3.63) is 69.2 Å². The molecule has 0 saturated carbocycles. The zero-order valence-electron chi connectivity index (χ0n) is 11.7. The summed E-state index contributed by atoms with van der Waals surface area (Å²) in [5.41, 5.74) is 3.81. The lowest BCUT2D eigenvalue weighted by molar-refractivity contribution is 0.465. The Morgan fingerprint density at radius 1 is 1.05 bits per heavy atom. The maximum atomic E-state index is 6.78. The molecule has 1 aliphatic carbocycles. The van der Waals surface area contributed by atoms with Crippen molar-refractivity contribution in [2.45, 2.75) is 31.1 Å². The van der Waals surface area contributed by atoms with Crippen molar-refractivity contribution in [3.8, 4) is 0 Å². The Labute approximate surface area is 141 Å². The predicted octanol–water partition coefficient (Wildman–Crippen LogP) is 6.47. The zero-order chi connectivity index (χ0) is 14.8. The molecule has 0 nitrogen and oxygen atoms in total. The van der Waals surface area contributed by atoms with Gasteiger partial charge in [-0.15, -0.1) is 11.6 Å². The van der Waals surface area contributed by atoms with Crippen LogP contribution in [-0.2, 0) is 12.8 Å². The molecule has 0 heterocycles. The van der Waals surface area contributed by atoms with Crippen molar-refractivity contribution in [1.82, 2.24) is 0 Å². The van der Waals surface area contributed by atoms with Gasteiger partial charge in [-0.3, -0.25) is 0 Å². The van der Waals surface area contributed by atoms with Gasteiger partial charge in [0.2, 0.25) is 0 Å². The van der Waals surface area contributed by atoms with Gasteiger partial charge in [-0.05, 0) is 60.4 Å². The van der Waals surface area contributed by atoms with E-state index in [9.17, 15) is 0 Å². The smallest absolute Gasteiger partial charge is 0.0619 e. The first-order valence-electron chi connectivity index (χ1n) is 7.31. The van der Waals surface area contributed by atoms with Gasteiger partial charge >= 0.3 is 0 Å². The summed E-state index contributed by atoms with van der Waals surface area (Å²) >= 11 is 19.1. The number of alkyl halides is 1. The van der Waals surface area contributed by atoms with Crippen molar-refractivity contribution in [2.75, 3.05) is 0 Å².